The van der Waals surface area contributed by atoms with Gasteiger partial charge in [-0.3, -0.25) is 0 Å². The van der Waals surface area contributed by atoms with Gasteiger partial charge < -0.3 is 10.5 Å². The molecule has 1 aliphatic carbocycles. The summed E-state index contributed by atoms with van der Waals surface area (Å²) in [5.41, 5.74) is 5.59. The molecule has 0 heterocycles. The first-order chi connectivity index (χ1) is 6.43. The lowest BCUT2D eigenvalue weighted by atomic mass is 10.1. The summed E-state index contributed by atoms with van der Waals surface area (Å²) in [5.74, 6) is 0.450. The highest BCUT2D eigenvalue weighted by atomic mass is 32.2. The van der Waals surface area contributed by atoms with E-state index in [9.17, 15) is 8.42 Å². The molecule has 0 amide bonds. The summed E-state index contributed by atoms with van der Waals surface area (Å²) in [6, 6.07) is 0. The fraction of sp³-hybridized carbons (Fsp3) is 1.00. The Morgan fingerprint density at radius 1 is 1.57 bits per heavy atom. The van der Waals surface area contributed by atoms with Crippen molar-refractivity contribution in [2.24, 2.45) is 17.1 Å². The molecule has 2 atom stereocenters. The number of hydrogen-bond acceptors (Lipinski definition) is 4. The minimum absolute atomic E-state index is 0.0565. The van der Waals surface area contributed by atoms with E-state index in [1.54, 1.807) is 0 Å². The molecule has 0 radical (unpaired) electrons. The van der Waals surface area contributed by atoms with Crippen molar-refractivity contribution in [3.8, 4) is 0 Å². The number of hydrogen-bond donors (Lipinski definition) is 1. The molecule has 0 spiro atoms. The lowest BCUT2D eigenvalue weighted by molar-refractivity contribution is 0.0982. The van der Waals surface area contributed by atoms with Crippen LogP contribution in [0.25, 0.3) is 0 Å². The second-order valence-corrected chi connectivity index (χ2v) is 6.38. The lowest BCUT2D eigenvalue weighted by Crippen LogP contribution is -2.25. The molecule has 0 saturated heterocycles. The first-order valence-corrected chi connectivity index (χ1v) is 6.95. The molecule has 2 N–H and O–H groups in total. The van der Waals surface area contributed by atoms with Crippen LogP contribution in [0, 0.1) is 11.3 Å². The van der Waals surface area contributed by atoms with Crippen molar-refractivity contribution >= 4 is 9.84 Å². The molecule has 0 aromatic rings. The van der Waals surface area contributed by atoms with Crippen LogP contribution in [0.1, 0.15) is 13.3 Å². The molecule has 5 heteroatoms. The number of sulfone groups is 1. The van der Waals surface area contributed by atoms with E-state index in [0.29, 0.717) is 19.8 Å². The summed E-state index contributed by atoms with van der Waals surface area (Å²) >= 11 is 0. The molecule has 0 bridgehead atoms. The highest BCUT2D eigenvalue weighted by Crippen LogP contribution is 2.52. The van der Waals surface area contributed by atoms with E-state index < -0.39 is 9.84 Å². The van der Waals surface area contributed by atoms with Gasteiger partial charge in [0.1, 0.15) is 9.84 Å². The second kappa shape index (κ2) is 4.16. The molecule has 1 saturated carbocycles. The highest BCUT2D eigenvalue weighted by Gasteiger charge is 2.54. The summed E-state index contributed by atoms with van der Waals surface area (Å²) < 4.78 is 27.5. The highest BCUT2D eigenvalue weighted by molar-refractivity contribution is 7.90. The fourth-order valence-electron chi connectivity index (χ4n) is 1.82. The molecule has 1 rings (SSSR count). The van der Waals surface area contributed by atoms with Crippen LogP contribution in [-0.4, -0.2) is 40.2 Å². The van der Waals surface area contributed by atoms with Gasteiger partial charge >= 0.3 is 0 Å². The molecule has 0 aromatic carbocycles. The lowest BCUT2D eigenvalue weighted by Gasteiger charge is -2.14. The maximum absolute atomic E-state index is 11.1. The van der Waals surface area contributed by atoms with Gasteiger partial charge in [0.2, 0.25) is 0 Å². The van der Waals surface area contributed by atoms with Gasteiger partial charge in [0.15, 0.2) is 0 Å². The Bertz CT molecular complexity index is 288. The van der Waals surface area contributed by atoms with Crippen molar-refractivity contribution in [3.63, 3.8) is 0 Å². The van der Waals surface area contributed by atoms with Crippen LogP contribution < -0.4 is 5.73 Å². The summed E-state index contributed by atoms with van der Waals surface area (Å²) in [4.78, 5) is 0. The minimum atomic E-state index is -2.88. The number of ether oxygens (including phenoxy) is 1. The third-order valence-corrected chi connectivity index (χ3v) is 3.87. The van der Waals surface area contributed by atoms with E-state index in [-0.39, 0.29) is 17.1 Å². The van der Waals surface area contributed by atoms with Gasteiger partial charge in [0.05, 0.1) is 12.4 Å². The average Bonchev–Trinajstić information content (AvgIpc) is 2.73. The van der Waals surface area contributed by atoms with Gasteiger partial charge in [-0.25, -0.2) is 8.42 Å². The smallest absolute Gasteiger partial charge is 0.147 e. The van der Waals surface area contributed by atoms with Crippen molar-refractivity contribution < 1.29 is 13.2 Å². The molecular formula is C9H19NO3S. The van der Waals surface area contributed by atoms with Crippen molar-refractivity contribution in [2.75, 3.05) is 31.8 Å². The second-order valence-electron chi connectivity index (χ2n) is 4.20. The Hall–Kier alpha value is -0.130. The summed E-state index contributed by atoms with van der Waals surface area (Å²) in [6.07, 6.45) is 2.16. The zero-order valence-corrected chi connectivity index (χ0v) is 9.64. The standard InChI is InChI=1S/C9H19NO3S/c1-3-13-7-9(6-10)4-8(9)5-14(2,11)12/h8H,3-7,10H2,1-2H3/t8-,9+/m0/s1. The van der Waals surface area contributed by atoms with E-state index in [2.05, 4.69) is 0 Å². The molecule has 1 aliphatic rings. The van der Waals surface area contributed by atoms with E-state index in [1.807, 2.05) is 6.92 Å². The van der Waals surface area contributed by atoms with Crippen LogP contribution in [0.5, 0.6) is 0 Å². The molecule has 0 aromatic heterocycles. The first-order valence-electron chi connectivity index (χ1n) is 4.89. The largest absolute Gasteiger partial charge is 0.381 e. The van der Waals surface area contributed by atoms with Crippen LogP contribution in [0.4, 0.5) is 0 Å². The van der Waals surface area contributed by atoms with Gasteiger partial charge in [-0.15, -0.1) is 0 Å². The third kappa shape index (κ3) is 2.93. The topological polar surface area (TPSA) is 69.4 Å². The molecule has 4 nitrogen and oxygen atoms in total. The Labute approximate surface area is 85.7 Å². The van der Waals surface area contributed by atoms with Gasteiger partial charge in [0, 0.05) is 24.8 Å². The Kier molecular flexibility index (Phi) is 3.55. The van der Waals surface area contributed by atoms with E-state index >= 15 is 0 Å². The predicted molar refractivity (Wildman–Crippen MR) is 55.8 cm³/mol. The molecule has 0 aliphatic heterocycles. The molecule has 0 unspecified atom stereocenters. The predicted octanol–water partition coefficient (Wildman–Crippen LogP) is 0.0325. The van der Waals surface area contributed by atoms with E-state index in [1.165, 1.54) is 6.26 Å². The monoisotopic (exact) mass is 221 g/mol. The van der Waals surface area contributed by atoms with Crippen molar-refractivity contribution in [1.82, 2.24) is 0 Å². The van der Waals surface area contributed by atoms with Crippen LogP contribution in [0.3, 0.4) is 0 Å². The quantitative estimate of drug-likeness (QED) is 0.687. The summed E-state index contributed by atoms with van der Waals surface area (Å²) in [7, 11) is -2.88. The average molecular weight is 221 g/mol. The van der Waals surface area contributed by atoms with Gasteiger partial charge in [-0.05, 0) is 19.3 Å². The van der Waals surface area contributed by atoms with Crippen molar-refractivity contribution in [2.45, 2.75) is 13.3 Å². The van der Waals surface area contributed by atoms with Crippen LogP contribution in [0.15, 0.2) is 0 Å². The normalized spacial score (nSPS) is 31.8. The van der Waals surface area contributed by atoms with E-state index in [4.69, 9.17) is 10.5 Å². The zero-order valence-electron chi connectivity index (χ0n) is 8.82. The Morgan fingerprint density at radius 3 is 2.64 bits per heavy atom. The Morgan fingerprint density at radius 2 is 2.21 bits per heavy atom. The SMILES string of the molecule is CCOC[C@]1(CN)C[C@H]1CS(C)(=O)=O. The molecule has 84 valence electrons. The maximum atomic E-state index is 11.1. The maximum Gasteiger partial charge on any atom is 0.147 e. The number of nitrogens with two attached hydrogens (primary N) is 1. The van der Waals surface area contributed by atoms with Gasteiger partial charge in [-0.2, -0.15) is 0 Å². The van der Waals surface area contributed by atoms with Gasteiger partial charge in [-0.1, -0.05) is 0 Å². The van der Waals surface area contributed by atoms with Crippen LogP contribution >= 0.6 is 0 Å². The molecular weight excluding hydrogens is 202 g/mol. The van der Waals surface area contributed by atoms with Crippen LogP contribution in [0.2, 0.25) is 0 Å². The Balaban J connectivity index is 2.46. The number of rotatable bonds is 6. The third-order valence-electron chi connectivity index (χ3n) is 2.86. The van der Waals surface area contributed by atoms with Crippen molar-refractivity contribution in [3.05, 3.63) is 0 Å². The zero-order chi connectivity index (χ0) is 10.8. The molecule has 1 fully saturated rings. The molecule has 14 heavy (non-hydrogen) atoms. The fourth-order valence-corrected chi connectivity index (χ4v) is 3.03. The van der Waals surface area contributed by atoms with Crippen LogP contribution in [-0.2, 0) is 14.6 Å². The summed E-state index contributed by atoms with van der Waals surface area (Å²) in [5, 5.41) is 0. The van der Waals surface area contributed by atoms with Crippen molar-refractivity contribution in [1.29, 1.82) is 0 Å². The van der Waals surface area contributed by atoms with E-state index in [0.717, 1.165) is 6.42 Å². The minimum Gasteiger partial charge on any atom is -0.381 e. The van der Waals surface area contributed by atoms with Gasteiger partial charge in [0.25, 0.3) is 0 Å². The first kappa shape index (κ1) is 11.9. The summed E-state index contributed by atoms with van der Waals surface area (Å²) in [6.45, 7) is 3.71.